The van der Waals surface area contributed by atoms with E-state index in [1.165, 1.54) is 12.8 Å². The van der Waals surface area contributed by atoms with Crippen molar-refractivity contribution in [2.24, 2.45) is 11.8 Å². The number of rotatable bonds is 6. The van der Waals surface area contributed by atoms with Crippen molar-refractivity contribution in [1.82, 2.24) is 10.0 Å². The molecule has 21 heavy (non-hydrogen) atoms. The van der Waals surface area contributed by atoms with Crippen molar-refractivity contribution in [3.05, 3.63) is 16.5 Å². The lowest BCUT2D eigenvalue weighted by Gasteiger charge is -2.22. The molecule has 3 unspecified atom stereocenters. The van der Waals surface area contributed by atoms with Gasteiger partial charge in [0.25, 0.3) is 0 Å². The standard InChI is InChI=1S/C14H21BrN2O3S/c1-2-16-8-11-7-13(14(15)20-11)21(18,19)17-12-6-9-3-4-10(12)5-9/h7,9-10,12,16-17H,2-6,8H2,1H3. The van der Waals surface area contributed by atoms with Gasteiger partial charge in [-0.3, -0.25) is 0 Å². The Labute approximate surface area is 134 Å². The number of sulfonamides is 1. The smallest absolute Gasteiger partial charge is 0.245 e. The first-order valence-corrected chi connectivity index (χ1v) is 9.78. The minimum absolute atomic E-state index is 0.0905. The monoisotopic (exact) mass is 376 g/mol. The number of hydrogen-bond donors (Lipinski definition) is 2. The summed E-state index contributed by atoms with van der Waals surface area (Å²) in [6, 6.07) is 1.69. The Kier molecular flexibility index (Phi) is 4.45. The van der Waals surface area contributed by atoms with Crippen LogP contribution in [0.2, 0.25) is 0 Å². The van der Waals surface area contributed by atoms with Crippen LogP contribution in [0.5, 0.6) is 0 Å². The molecule has 7 heteroatoms. The highest BCUT2D eigenvalue weighted by molar-refractivity contribution is 9.10. The van der Waals surface area contributed by atoms with Gasteiger partial charge >= 0.3 is 0 Å². The summed E-state index contributed by atoms with van der Waals surface area (Å²) in [7, 11) is -3.52. The molecule has 5 nitrogen and oxygen atoms in total. The Hall–Kier alpha value is -0.370. The first-order valence-electron chi connectivity index (χ1n) is 7.51. The molecule has 118 valence electrons. The van der Waals surface area contributed by atoms with Crippen LogP contribution in [0.15, 0.2) is 20.0 Å². The second-order valence-electron chi connectivity index (χ2n) is 6.03. The van der Waals surface area contributed by atoms with Gasteiger partial charge in [-0.15, -0.1) is 0 Å². The zero-order chi connectivity index (χ0) is 15.0. The van der Waals surface area contributed by atoms with E-state index in [-0.39, 0.29) is 15.6 Å². The molecule has 0 saturated heterocycles. The summed E-state index contributed by atoms with van der Waals surface area (Å²) >= 11 is 3.22. The molecule has 2 saturated carbocycles. The van der Waals surface area contributed by atoms with Gasteiger partial charge in [-0.1, -0.05) is 13.3 Å². The third-order valence-corrected chi connectivity index (χ3v) is 6.94. The van der Waals surface area contributed by atoms with Crippen molar-refractivity contribution in [2.75, 3.05) is 6.54 Å². The van der Waals surface area contributed by atoms with Crippen molar-refractivity contribution in [3.8, 4) is 0 Å². The minimum atomic E-state index is -3.52. The number of nitrogens with one attached hydrogen (secondary N) is 2. The summed E-state index contributed by atoms with van der Waals surface area (Å²) in [4.78, 5) is 0.207. The highest BCUT2D eigenvalue weighted by Crippen LogP contribution is 2.45. The lowest BCUT2D eigenvalue weighted by Crippen LogP contribution is -2.38. The Morgan fingerprint density at radius 1 is 1.38 bits per heavy atom. The van der Waals surface area contributed by atoms with E-state index in [9.17, 15) is 8.42 Å². The largest absolute Gasteiger partial charge is 0.452 e. The number of halogens is 1. The lowest BCUT2D eigenvalue weighted by molar-refractivity contribution is 0.390. The quantitative estimate of drug-likeness (QED) is 0.800. The van der Waals surface area contributed by atoms with Crippen LogP contribution < -0.4 is 10.0 Å². The molecule has 0 amide bonds. The third-order valence-electron chi connectivity index (χ3n) is 4.59. The fourth-order valence-electron chi connectivity index (χ4n) is 3.57. The molecule has 2 bridgehead atoms. The lowest BCUT2D eigenvalue weighted by atomic mass is 9.96. The van der Waals surface area contributed by atoms with Gasteiger partial charge in [0.2, 0.25) is 10.0 Å². The van der Waals surface area contributed by atoms with Crippen LogP contribution >= 0.6 is 15.9 Å². The van der Waals surface area contributed by atoms with E-state index >= 15 is 0 Å². The zero-order valence-electron chi connectivity index (χ0n) is 12.1. The van der Waals surface area contributed by atoms with E-state index < -0.39 is 10.0 Å². The maximum absolute atomic E-state index is 12.6. The summed E-state index contributed by atoms with van der Waals surface area (Å²) in [5, 5.41) is 3.12. The van der Waals surface area contributed by atoms with Crippen LogP contribution in [0, 0.1) is 11.8 Å². The Morgan fingerprint density at radius 3 is 2.81 bits per heavy atom. The average Bonchev–Trinajstić information content (AvgIpc) is 3.11. The van der Waals surface area contributed by atoms with E-state index in [1.54, 1.807) is 6.07 Å². The van der Waals surface area contributed by atoms with E-state index in [2.05, 4.69) is 26.0 Å². The van der Waals surface area contributed by atoms with Crippen LogP contribution in [0.3, 0.4) is 0 Å². The molecular formula is C14H21BrN2O3S. The molecule has 2 aliphatic rings. The second kappa shape index (κ2) is 6.02. The van der Waals surface area contributed by atoms with Crippen molar-refractivity contribution < 1.29 is 12.8 Å². The molecule has 3 atom stereocenters. The maximum atomic E-state index is 12.6. The van der Waals surface area contributed by atoms with Gasteiger partial charge in [-0.05, 0) is 53.6 Å². The SMILES string of the molecule is CCNCc1cc(S(=O)(=O)NC2CC3CCC2C3)c(Br)o1. The Bertz CT molecular complexity index is 614. The van der Waals surface area contributed by atoms with E-state index in [4.69, 9.17) is 4.42 Å². The molecule has 2 fully saturated rings. The van der Waals surface area contributed by atoms with Crippen molar-refractivity contribution >= 4 is 26.0 Å². The van der Waals surface area contributed by atoms with Crippen LogP contribution in [0.4, 0.5) is 0 Å². The number of furan rings is 1. The first kappa shape index (κ1) is 15.5. The summed E-state index contributed by atoms with van der Waals surface area (Å²) in [6.45, 7) is 3.33. The fraction of sp³-hybridized carbons (Fsp3) is 0.714. The predicted octanol–water partition coefficient (Wildman–Crippen LogP) is 2.62. The number of fused-ring (bicyclic) bond motifs is 2. The fourth-order valence-corrected chi connectivity index (χ4v) is 5.88. The van der Waals surface area contributed by atoms with Gasteiger partial charge in [0, 0.05) is 12.1 Å². The predicted molar refractivity (Wildman–Crippen MR) is 83.3 cm³/mol. The molecule has 2 N–H and O–H groups in total. The van der Waals surface area contributed by atoms with Crippen LogP contribution in [-0.4, -0.2) is 21.0 Å². The van der Waals surface area contributed by atoms with Crippen LogP contribution in [-0.2, 0) is 16.6 Å². The van der Waals surface area contributed by atoms with Gasteiger partial charge in [0.05, 0.1) is 6.54 Å². The molecule has 1 aromatic rings. The van der Waals surface area contributed by atoms with Gasteiger partial charge in [-0.2, -0.15) is 0 Å². The van der Waals surface area contributed by atoms with Crippen LogP contribution in [0.1, 0.15) is 38.4 Å². The summed E-state index contributed by atoms with van der Waals surface area (Å²) < 4.78 is 33.7. The highest BCUT2D eigenvalue weighted by atomic mass is 79.9. The summed E-state index contributed by atoms with van der Waals surface area (Å²) in [5.74, 6) is 1.84. The van der Waals surface area contributed by atoms with E-state index in [1.807, 2.05) is 6.92 Å². The maximum Gasteiger partial charge on any atom is 0.245 e. The van der Waals surface area contributed by atoms with Crippen molar-refractivity contribution in [3.63, 3.8) is 0 Å². The average molecular weight is 377 g/mol. The normalized spacial score (nSPS) is 28.4. The molecule has 0 aliphatic heterocycles. The minimum Gasteiger partial charge on any atom is -0.452 e. The Balaban J connectivity index is 1.74. The van der Waals surface area contributed by atoms with Crippen molar-refractivity contribution in [1.29, 1.82) is 0 Å². The van der Waals surface area contributed by atoms with Gasteiger partial charge in [0.1, 0.15) is 10.7 Å². The topological polar surface area (TPSA) is 71.3 Å². The van der Waals surface area contributed by atoms with Crippen LogP contribution in [0.25, 0.3) is 0 Å². The first-order chi connectivity index (χ1) is 9.99. The second-order valence-corrected chi connectivity index (χ2v) is 8.44. The molecule has 1 heterocycles. The molecular weight excluding hydrogens is 356 g/mol. The third kappa shape index (κ3) is 3.21. The van der Waals surface area contributed by atoms with Gasteiger partial charge in [0.15, 0.2) is 4.67 Å². The highest BCUT2D eigenvalue weighted by Gasteiger charge is 2.41. The molecule has 3 rings (SSSR count). The van der Waals surface area contributed by atoms with E-state index in [0.29, 0.717) is 24.1 Å². The van der Waals surface area contributed by atoms with Crippen molar-refractivity contribution in [2.45, 2.75) is 50.1 Å². The zero-order valence-corrected chi connectivity index (χ0v) is 14.5. The Morgan fingerprint density at radius 2 is 2.19 bits per heavy atom. The molecule has 0 aromatic carbocycles. The molecule has 2 aliphatic carbocycles. The molecule has 0 spiro atoms. The van der Waals surface area contributed by atoms with Gasteiger partial charge < -0.3 is 9.73 Å². The number of hydrogen-bond acceptors (Lipinski definition) is 4. The summed E-state index contributed by atoms with van der Waals surface area (Å²) in [5.41, 5.74) is 0. The summed E-state index contributed by atoms with van der Waals surface area (Å²) in [6.07, 6.45) is 4.55. The van der Waals surface area contributed by atoms with E-state index in [0.717, 1.165) is 19.4 Å². The molecule has 0 radical (unpaired) electrons. The van der Waals surface area contributed by atoms with Gasteiger partial charge in [-0.25, -0.2) is 13.1 Å². The molecule has 1 aromatic heterocycles.